The highest BCUT2D eigenvalue weighted by atomic mass is 16.6. The molecule has 0 aromatic heterocycles. The van der Waals surface area contributed by atoms with Crippen molar-refractivity contribution in [2.75, 3.05) is 13.2 Å². The zero-order valence-electron chi connectivity index (χ0n) is 39.0. The summed E-state index contributed by atoms with van der Waals surface area (Å²) in [7, 11) is 0. The molecule has 57 heavy (non-hydrogen) atoms. The van der Waals surface area contributed by atoms with E-state index in [1.165, 1.54) is 167 Å². The van der Waals surface area contributed by atoms with Crippen LogP contribution in [0.5, 0.6) is 0 Å². The van der Waals surface area contributed by atoms with E-state index in [0.29, 0.717) is 19.3 Å². The van der Waals surface area contributed by atoms with E-state index in [2.05, 4.69) is 34.6 Å². The zero-order chi connectivity index (χ0) is 41.9. The molecule has 0 unspecified atom stereocenters. The number of rotatable bonds is 45. The SMILES string of the molecule is CCCCCCCCCCCC(=O)OC[C@@H](COC(=O)CCCCCCCCCCCCCCCCCCCCC(C)C)OC(=O)CCCCCCCCC(C)C. The molecule has 0 aromatic carbocycles. The van der Waals surface area contributed by atoms with Crippen molar-refractivity contribution >= 4 is 17.9 Å². The van der Waals surface area contributed by atoms with E-state index < -0.39 is 6.10 Å². The van der Waals surface area contributed by atoms with E-state index >= 15 is 0 Å². The summed E-state index contributed by atoms with van der Waals surface area (Å²) in [5.74, 6) is 0.759. The van der Waals surface area contributed by atoms with Crippen LogP contribution < -0.4 is 0 Å². The van der Waals surface area contributed by atoms with Crippen LogP contribution in [0, 0.1) is 11.8 Å². The molecule has 1 atom stereocenters. The summed E-state index contributed by atoms with van der Waals surface area (Å²) >= 11 is 0. The summed E-state index contributed by atoms with van der Waals surface area (Å²) in [6, 6.07) is 0. The number of esters is 3. The first-order valence-electron chi connectivity index (χ1n) is 25.2. The Kier molecular flexibility index (Phi) is 42.7. The van der Waals surface area contributed by atoms with Crippen molar-refractivity contribution in [3.8, 4) is 0 Å². The normalized spacial score (nSPS) is 12.1. The lowest BCUT2D eigenvalue weighted by molar-refractivity contribution is -0.167. The van der Waals surface area contributed by atoms with Gasteiger partial charge in [-0.15, -0.1) is 0 Å². The number of ether oxygens (including phenoxy) is 3. The molecule has 0 spiro atoms. The minimum absolute atomic E-state index is 0.0651. The Bertz CT molecular complexity index is 870. The Hall–Kier alpha value is -1.59. The molecule has 6 nitrogen and oxygen atoms in total. The second-order valence-electron chi connectivity index (χ2n) is 18.4. The van der Waals surface area contributed by atoms with Gasteiger partial charge in [-0.1, -0.05) is 240 Å². The molecular weight excluding hydrogens is 709 g/mol. The average molecular weight is 807 g/mol. The minimum Gasteiger partial charge on any atom is -0.462 e. The zero-order valence-corrected chi connectivity index (χ0v) is 39.0. The molecule has 0 fully saturated rings. The van der Waals surface area contributed by atoms with Crippen molar-refractivity contribution in [3.63, 3.8) is 0 Å². The van der Waals surface area contributed by atoms with Gasteiger partial charge in [-0.25, -0.2) is 0 Å². The molecule has 0 bridgehead atoms. The maximum atomic E-state index is 12.7. The van der Waals surface area contributed by atoms with Crippen molar-refractivity contribution in [1.29, 1.82) is 0 Å². The molecule has 0 amide bonds. The standard InChI is InChI=1S/C51H98O6/c1-6-7-8-9-10-21-25-31-36-41-49(52)55-44-48(57-51(54)43-38-33-28-27-30-35-40-47(4)5)45-56-50(53)42-37-32-26-23-20-18-16-14-12-11-13-15-17-19-22-24-29-34-39-46(2)3/h46-48H,6-45H2,1-5H3/t48-/m0/s1. The van der Waals surface area contributed by atoms with Gasteiger partial charge in [0.1, 0.15) is 13.2 Å². The van der Waals surface area contributed by atoms with Crippen LogP contribution in [0.25, 0.3) is 0 Å². The van der Waals surface area contributed by atoms with Crippen LogP contribution in [0.1, 0.15) is 279 Å². The van der Waals surface area contributed by atoms with Gasteiger partial charge >= 0.3 is 17.9 Å². The highest BCUT2D eigenvalue weighted by Gasteiger charge is 2.19. The second kappa shape index (κ2) is 44.0. The fourth-order valence-corrected chi connectivity index (χ4v) is 7.64. The van der Waals surface area contributed by atoms with Crippen LogP contribution >= 0.6 is 0 Å². The number of carbonyl (C=O) groups excluding carboxylic acids is 3. The van der Waals surface area contributed by atoms with Gasteiger partial charge in [0.25, 0.3) is 0 Å². The molecule has 0 aliphatic rings. The summed E-state index contributed by atoms with van der Waals surface area (Å²) in [6.07, 6.45) is 44.0. The molecule has 0 aromatic rings. The number of carbonyl (C=O) groups is 3. The smallest absolute Gasteiger partial charge is 0.306 e. The first-order valence-corrected chi connectivity index (χ1v) is 25.2. The largest absolute Gasteiger partial charge is 0.462 e. The Balaban J connectivity index is 4.13. The lowest BCUT2D eigenvalue weighted by Gasteiger charge is -2.18. The quantitative estimate of drug-likeness (QED) is 0.0346. The van der Waals surface area contributed by atoms with Crippen molar-refractivity contribution in [2.45, 2.75) is 285 Å². The third-order valence-corrected chi connectivity index (χ3v) is 11.5. The predicted octanol–water partition coefficient (Wildman–Crippen LogP) is 16.1. The van der Waals surface area contributed by atoms with Crippen molar-refractivity contribution in [1.82, 2.24) is 0 Å². The summed E-state index contributed by atoms with van der Waals surface area (Å²) in [6.45, 7) is 11.3. The van der Waals surface area contributed by atoms with Crippen LogP contribution in [-0.2, 0) is 28.6 Å². The second-order valence-corrected chi connectivity index (χ2v) is 18.4. The van der Waals surface area contributed by atoms with E-state index in [4.69, 9.17) is 14.2 Å². The fraction of sp³-hybridized carbons (Fsp3) is 0.941. The first kappa shape index (κ1) is 55.4. The summed E-state index contributed by atoms with van der Waals surface area (Å²) in [5, 5.41) is 0. The molecule has 0 saturated carbocycles. The molecule has 0 heterocycles. The van der Waals surface area contributed by atoms with Crippen molar-refractivity contribution < 1.29 is 28.6 Å². The molecule has 6 heteroatoms. The minimum atomic E-state index is -0.760. The lowest BCUT2D eigenvalue weighted by Crippen LogP contribution is -2.30. The maximum Gasteiger partial charge on any atom is 0.306 e. The van der Waals surface area contributed by atoms with E-state index in [-0.39, 0.29) is 31.1 Å². The number of hydrogen-bond acceptors (Lipinski definition) is 6. The number of hydrogen-bond donors (Lipinski definition) is 0. The highest BCUT2D eigenvalue weighted by Crippen LogP contribution is 2.17. The molecule has 0 N–H and O–H groups in total. The van der Waals surface area contributed by atoms with Crippen LogP contribution in [-0.4, -0.2) is 37.2 Å². The fourth-order valence-electron chi connectivity index (χ4n) is 7.64. The molecule has 0 saturated heterocycles. The van der Waals surface area contributed by atoms with Crippen LogP contribution in [0.3, 0.4) is 0 Å². The molecule has 0 aliphatic carbocycles. The van der Waals surface area contributed by atoms with Gasteiger partial charge in [0, 0.05) is 19.3 Å². The summed E-state index contributed by atoms with van der Waals surface area (Å²) in [4.78, 5) is 37.7. The third-order valence-electron chi connectivity index (χ3n) is 11.5. The highest BCUT2D eigenvalue weighted by molar-refractivity contribution is 5.71. The van der Waals surface area contributed by atoms with Crippen LogP contribution in [0.2, 0.25) is 0 Å². The Morgan fingerprint density at radius 1 is 0.333 bits per heavy atom. The maximum absolute atomic E-state index is 12.7. The summed E-state index contributed by atoms with van der Waals surface area (Å²) < 4.78 is 16.7. The van der Waals surface area contributed by atoms with E-state index in [0.717, 1.165) is 69.6 Å². The van der Waals surface area contributed by atoms with Crippen molar-refractivity contribution in [2.24, 2.45) is 11.8 Å². The molecule has 0 rings (SSSR count). The molecule has 0 radical (unpaired) electrons. The van der Waals surface area contributed by atoms with Gasteiger partial charge in [-0.2, -0.15) is 0 Å². The van der Waals surface area contributed by atoms with Gasteiger partial charge in [0.2, 0.25) is 0 Å². The van der Waals surface area contributed by atoms with E-state index in [1.807, 2.05) is 0 Å². The Morgan fingerprint density at radius 2 is 0.579 bits per heavy atom. The van der Waals surface area contributed by atoms with Crippen LogP contribution in [0.4, 0.5) is 0 Å². The van der Waals surface area contributed by atoms with Gasteiger partial charge in [-0.3, -0.25) is 14.4 Å². The molecule has 338 valence electrons. The Labute approximate surface area is 355 Å². The third kappa shape index (κ3) is 45.3. The number of unbranched alkanes of at least 4 members (excludes halogenated alkanes) is 30. The summed E-state index contributed by atoms with van der Waals surface area (Å²) in [5.41, 5.74) is 0. The Morgan fingerprint density at radius 3 is 0.860 bits per heavy atom. The first-order chi connectivity index (χ1) is 27.7. The van der Waals surface area contributed by atoms with Gasteiger partial charge in [-0.05, 0) is 31.1 Å². The van der Waals surface area contributed by atoms with Crippen LogP contribution in [0.15, 0.2) is 0 Å². The predicted molar refractivity (Wildman–Crippen MR) is 243 cm³/mol. The lowest BCUT2D eigenvalue weighted by atomic mass is 10.0. The van der Waals surface area contributed by atoms with Gasteiger partial charge in [0.15, 0.2) is 6.10 Å². The molecular formula is C51H98O6. The van der Waals surface area contributed by atoms with Gasteiger partial charge < -0.3 is 14.2 Å². The van der Waals surface area contributed by atoms with Crippen molar-refractivity contribution in [3.05, 3.63) is 0 Å². The topological polar surface area (TPSA) is 78.9 Å². The van der Waals surface area contributed by atoms with E-state index in [9.17, 15) is 14.4 Å². The molecule has 0 aliphatic heterocycles. The van der Waals surface area contributed by atoms with Gasteiger partial charge in [0.05, 0.1) is 0 Å². The average Bonchev–Trinajstić information content (AvgIpc) is 3.18. The monoisotopic (exact) mass is 807 g/mol. The van der Waals surface area contributed by atoms with E-state index in [1.54, 1.807) is 0 Å².